The number of carbonyl (C=O) groups excluding carboxylic acids is 1. The molecule has 46 heavy (non-hydrogen) atoms. The number of nitrogens with two attached hydrogens (primary N) is 1. The van der Waals surface area contributed by atoms with Gasteiger partial charge in [0.15, 0.2) is 19.5 Å². The number of hydrogen-bond donors (Lipinski definition) is 2. The number of nitrogens with one attached hydrogen (secondary N) is 1. The third-order valence-electron chi connectivity index (χ3n) is 9.64. The molecule has 3 N–H and O–H groups in total. The summed E-state index contributed by atoms with van der Waals surface area (Å²) in [5.74, 6) is -0.332. The van der Waals surface area contributed by atoms with Crippen LogP contribution in [-0.2, 0) is 14.0 Å². The summed E-state index contributed by atoms with van der Waals surface area (Å²) < 4.78 is 14.6. The van der Waals surface area contributed by atoms with E-state index < -0.39 is 8.32 Å². The maximum atomic E-state index is 13.0. The molecule has 1 saturated carbocycles. The molecular formula is C36H59N5O4Si. The molecule has 0 spiro atoms. The molecule has 0 bridgehead atoms. The average molecular weight is 654 g/mol. The normalized spacial score (nSPS) is 19.3. The second-order valence-electron chi connectivity index (χ2n) is 14.3. The van der Waals surface area contributed by atoms with Gasteiger partial charge in [-0.1, -0.05) is 90.7 Å². The van der Waals surface area contributed by atoms with Crippen molar-refractivity contribution in [3.63, 3.8) is 0 Å². The second kappa shape index (κ2) is 17.8. The number of esters is 1. The molecule has 1 fully saturated rings. The van der Waals surface area contributed by atoms with Gasteiger partial charge in [-0.25, -0.2) is 4.98 Å². The highest BCUT2D eigenvalue weighted by Crippen LogP contribution is 2.44. The third-order valence-corrected chi connectivity index (χ3v) is 14.1. The minimum atomic E-state index is -2.06. The van der Waals surface area contributed by atoms with Crippen LogP contribution in [0, 0.1) is 5.92 Å². The number of unbranched alkanes of at least 4 members (excludes halogenated alkanes) is 8. The lowest BCUT2D eigenvalue weighted by Crippen LogP contribution is -2.43. The zero-order chi connectivity index (χ0) is 33.7. The van der Waals surface area contributed by atoms with Gasteiger partial charge in [-0.3, -0.25) is 14.6 Å². The summed E-state index contributed by atoms with van der Waals surface area (Å²) >= 11 is 0. The van der Waals surface area contributed by atoms with Gasteiger partial charge < -0.3 is 19.5 Å². The second-order valence-corrected chi connectivity index (χ2v) is 19.1. The Morgan fingerprint density at radius 1 is 1.09 bits per heavy atom. The van der Waals surface area contributed by atoms with Crippen LogP contribution in [0.2, 0.25) is 18.1 Å². The quantitative estimate of drug-likeness (QED) is 0.0673. The van der Waals surface area contributed by atoms with E-state index in [2.05, 4.69) is 86.6 Å². The highest BCUT2D eigenvalue weighted by atomic mass is 28.4. The Kier molecular flexibility index (Phi) is 14.5. The fraction of sp³-hybridized carbons (Fsp3) is 0.667. The van der Waals surface area contributed by atoms with Crippen LogP contribution < -0.4 is 11.3 Å². The van der Waals surface area contributed by atoms with E-state index >= 15 is 0 Å². The molecule has 9 nitrogen and oxygen atoms in total. The number of nitrogen functional groups attached to an aromatic ring is 1. The van der Waals surface area contributed by atoms with E-state index in [0.29, 0.717) is 25.1 Å². The van der Waals surface area contributed by atoms with Crippen molar-refractivity contribution < 1.29 is 14.0 Å². The number of ether oxygens (including phenoxy) is 1. The molecule has 0 aromatic carbocycles. The first-order chi connectivity index (χ1) is 21.9. The first-order valence-electron chi connectivity index (χ1n) is 17.4. The van der Waals surface area contributed by atoms with Crippen molar-refractivity contribution >= 4 is 31.4 Å². The Morgan fingerprint density at radius 3 is 2.41 bits per heavy atom. The van der Waals surface area contributed by atoms with Gasteiger partial charge in [0, 0.05) is 25.4 Å². The predicted octanol–water partition coefficient (Wildman–Crippen LogP) is 8.57. The molecule has 2 aromatic heterocycles. The number of aromatic nitrogens is 4. The van der Waals surface area contributed by atoms with Crippen LogP contribution in [0.3, 0.4) is 0 Å². The van der Waals surface area contributed by atoms with Gasteiger partial charge in [-0.05, 0) is 62.2 Å². The smallest absolute Gasteiger partial charge is 0.306 e. The molecule has 256 valence electrons. The van der Waals surface area contributed by atoms with E-state index in [-0.39, 0.29) is 46.1 Å². The molecule has 2 aromatic rings. The number of imidazole rings is 1. The number of nitrogens with zero attached hydrogens (tertiary/aromatic N) is 3. The summed E-state index contributed by atoms with van der Waals surface area (Å²) in [5, 5.41) is 0.0444. The van der Waals surface area contributed by atoms with Crippen LogP contribution in [0.25, 0.3) is 11.2 Å². The Hall–Kier alpha value is -2.98. The number of fused-ring (bicyclic) bond motifs is 1. The third kappa shape index (κ3) is 10.8. The number of H-pyrrole nitrogens is 1. The van der Waals surface area contributed by atoms with Gasteiger partial charge in [-0.2, -0.15) is 4.98 Å². The molecule has 0 amide bonds. The molecule has 1 aliphatic carbocycles. The Bertz CT molecular complexity index is 1390. The van der Waals surface area contributed by atoms with Crippen LogP contribution in [0.1, 0.15) is 117 Å². The van der Waals surface area contributed by atoms with Crippen molar-refractivity contribution in [1.82, 2.24) is 19.5 Å². The zero-order valence-corrected chi connectivity index (χ0v) is 30.3. The predicted molar refractivity (Wildman–Crippen MR) is 191 cm³/mol. The summed E-state index contributed by atoms with van der Waals surface area (Å²) in [6.45, 7) is 18.2. The van der Waals surface area contributed by atoms with E-state index in [1.807, 2.05) is 4.57 Å². The highest BCUT2D eigenvalue weighted by Gasteiger charge is 2.44. The van der Waals surface area contributed by atoms with Crippen molar-refractivity contribution in [2.24, 2.45) is 5.92 Å². The number of rotatable bonds is 19. The van der Waals surface area contributed by atoms with Crippen molar-refractivity contribution in [3.8, 4) is 0 Å². The van der Waals surface area contributed by atoms with Crippen molar-refractivity contribution in [2.45, 2.75) is 141 Å². The molecule has 3 rings (SSSR count). The molecular weight excluding hydrogens is 595 g/mol. The number of allylic oxidation sites excluding steroid dienone is 4. The van der Waals surface area contributed by atoms with Gasteiger partial charge in [0.25, 0.3) is 5.56 Å². The van der Waals surface area contributed by atoms with Crippen LogP contribution in [0.4, 0.5) is 5.95 Å². The Labute approximate surface area is 277 Å². The van der Waals surface area contributed by atoms with Crippen LogP contribution in [0.5, 0.6) is 0 Å². The molecule has 3 atom stereocenters. The van der Waals surface area contributed by atoms with E-state index in [9.17, 15) is 9.59 Å². The summed E-state index contributed by atoms with van der Waals surface area (Å²) in [6.07, 6.45) is 23.8. The lowest BCUT2D eigenvalue weighted by molar-refractivity contribution is -0.151. The molecule has 1 aliphatic rings. The lowest BCUT2D eigenvalue weighted by Gasteiger charge is -2.37. The average Bonchev–Trinajstić information content (AvgIpc) is 3.53. The molecule has 2 heterocycles. The van der Waals surface area contributed by atoms with Crippen LogP contribution in [0.15, 0.2) is 47.6 Å². The lowest BCUT2D eigenvalue weighted by atomic mass is 10.0. The van der Waals surface area contributed by atoms with Crippen LogP contribution in [-0.4, -0.2) is 46.5 Å². The topological polar surface area (TPSA) is 125 Å². The van der Waals surface area contributed by atoms with E-state index in [4.69, 9.17) is 14.9 Å². The molecule has 0 saturated heterocycles. The van der Waals surface area contributed by atoms with Gasteiger partial charge in [0.2, 0.25) is 5.95 Å². The first-order valence-corrected chi connectivity index (χ1v) is 20.3. The Morgan fingerprint density at radius 2 is 1.74 bits per heavy atom. The zero-order valence-electron chi connectivity index (χ0n) is 29.3. The first kappa shape index (κ1) is 37.5. The van der Waals surface area contributed by atoms with Crippen molar-refractivity contribution in [1.29, 1.82) is 0 Å². The number of carbonyl (C=O) groups is 1. The SMILES string of the molecule is C=C1C(CO[Si](C)(C)C(C)(C)C)C(OC(=O)CCCCCCC/C=C\C/C=C\CCCCC)CC1n1cnc2c(=O)[nH]c(N)nc21. The molecule has 10 heteroatoms. The van der Waals surface area contributed by atoms with Gasteiger partial charge in [-0.15, -0.1) is 0 Å². The van der Waals surface area contributed by atoms with E-state index in [1.165, 1.54) is 38.5 Å². The standard InChI is InChI=1S/C36H59N5O4Si/c1-8-9-10-11-12-13-14-15-16-17-18-19-20-21-22-23-31(42)45-30-24-29(27(2)28(30)25-44-46(6,7)36(3,4)5)41-26-38-32-33(41)39-35(37)40-34(32)43/h12-13,15-16,26,28-30H,2,8-11,14,17-25H2,1,3-7H3,(H3,37,39,40,43)/b13-12-,16-15-. The largest absolute Gasteiger partial charge is 0.462 e. The monoisotopic (exact) mass is 653 g/mol. The maximum absolute atomic E-state index is 13.0. The Balaban J connectivity index is 1.50. The number of hydrogen-bond acceptors (Lipinski definition) is 7. The number of anilines is 1. The molecule has 0 radical (unpaired) electrons. The fourth-order valence-corrected chi connectivity index (χ4v) is 6.68. The molecule has 0 aliphatic heterocycles. The maximum Gasteiger partial charge on any atom is 0.306 e. The minimum absolute atomic E-state index is 0.0287. The number of aromatic amines is 1. The van der Waals surface area contributed by atoms with Gasteiger partial charge in [0.05, 0.1) is 12.4 Å². The van der Waals surface area contributed by atoms with Gasteiger partial charge in [0.1, 0.15) is 6.10 Å². The molecule has 3 unspecified atom stereocenters. The summed E-state index contributed by atoms with van der Waals surface area (Å²) in [4.78, 5) is 36.6. The summed E-state index contributed by atoms with van der Waals surface area (Å²) in [6, 6.07) is -0.250. The minimum Gasteiger partial charge on any atom is -0.462 e. The van der Waals surface area contributed by atoms with Crippen molar-refractivity contribution in [2.75, 3.05) is 12.3 Å². The van der Waals surface area contributed by atoms with Crippen molar-refractivity contribution in [3.05, 3.63) is 53.1 Å². The van der Waals surface area contributed by atoms with E-state index in [1.54, 1.807) is 6.33 Å². The fourth-order valence-electron chi connectivity index (χ4n) is 5.65. The summed E-state index contributed by atoms with van der Waals surface area (Å²) in [5.41, 5.74) is 6.97. The van der Waals surface area contributed by atoms with Crippen LogP contribution >= 0.6 is 0 Å². The van der Waals surface area contributed by atoms with Gasteiger partial charge >= 0.3 is 5.97 Å². The highest BCUT2D eigenvalue weighted by molar-refractivity contribution is 6.74. The van der Waals surface area contributed by atoms with E-state index in [0.717, 1.165) is 37.7 Å². The summed E-state index contributed by atoms with van der Waals surface area (Å²) in [7, 11) is -2.06.